The van der Waals surface area contributed by atoms with Crippen molar-refractivity contribution in [2.45, 2.75) is 20.0 Å². The molecule has 1 saturated heterocycles. The van der Waals surface area contributed by atoms with Crippen molar-refractivity contribution in [3.8, 4) is 0 Å². The summed E-state index contributed by atoms with van der Waals surface area (Å²) < 4.78 is 10.5. The minimum Gasteiger partial charge on any atom is -0.466 e. The largest absolute Gasteiger partial charge is 0.466 e. The Morgan fingerprint density at radius 2 is 2.20 bits per heavy atom. The monoisotopic (exact) mass is 138 g/mol. The van der Waals surface area contributed by atoms with Crippen molar-refractivity contribution in [2.75, 3.05) is 6.61 Å². The Hall–Kier alpha value is -0.760. The van der Waals surface area contributed by atoms with Crippen LogP contribution in [0.4, 0.5) is 0 Å². The summed E-state index contributed by atoms with van der Waals surface area (Å²) in [5.74, 6) is 1.98. The zero-order chi connectivity index (χ0) is 7.14. The van der Waals surface area contributed by atoms with Crippen molar-refractivity contribution < 1.29 is 9.15 Å². The van der Waals surface area contributed by atoms with Gasteiger partial charge in [-0.05, 0) is 19.9 Å². The van der Waals surface area contributed by atoms with E-state index in [1.165, 1.54) is 5.56 Å². The number of hydrogen-bond acceptors (Lipinski definition) is 2. The quantitative estimate of drug-likeness (QED) is 0.554. The van der Waals surface area contributed by atoms with Crippen molar-refractivity contribution >= 4 is 0 Å². The number of epoxide rings is 1. The Morgan fingerprint density at radius 1 is 1.50 bits per heavy atom. The van der Waals surface area contributed by atoms with E-state index >= 15 is 0 Å². The maximum absolute atomic E-state index is 5.34. The molecule has 0 bridgehead atoms. The van der Waals surface area contributed by atoms with Gasteiger partial charge in [-0.3, -0.25) is 0 Å². The average molecular weight is 138 g/mol. The molecule has 2 nitrogen and oxygen atoms in total. The summed E-state index contributed by atoms with van der Waals surface area (Å²) in [6.45, 7) is 4.79. The van der Waals surface area contributed by atoms with E-state index < -0.39 is 0 Å². The van der Waals surface area contributed by atoms with E-state index in [0.717, 1.165) is 18.1 Å². The van der Waals surface area contributed by atoms with Crippen LogP contribution in [0, 0.1) is 13.8 Å². The Balaban J connectivity index is 2.38. The molecule has 0 amide bonds. The van der Waals surface area contributed by atoms with Crippen molar-refractivity contribution in [3.63, 3.8) is 0 Å². The van der Waals surface area contributed by atoms with E-state index in [4.69, 9.17) is 9.15 Å². The summed E-state index contributed by atoms with van der Waals surface area (Å²) in [4.78, 5) is 0. The van der Waals surface area contributed by atoms with Gasteiger partial charge in [-0.1, -0.05) is 0 Å². The van der Waals surface area contributed by atoms with Gasteiger partial charge in [0.05, 0.1) is 6.61 Å². The van der Waals surface area contributed by atoms with Crippen LogP contribution in [0.3, 0.4) is 0 Å². The Morgan fingerprint density at radius 3 is 2.60 bits per heavy atom. The van der Waals surface area contributed by atoms with Gasteiger partial charge in [-0.2, -0.15) is 0 Å². The summed E-state index contributed by atoms with van der Waals surface area (Å²) in [5.41, 5.74) is 1.22. The van der Waals surface area contributed by atoms with E-state index in [9.17, 15) is 0 Å². The van der Waals surface area contributed by atoms with Crippen molar-refractivity contribution in [3.05, 3.63) is 23.2 Å². The van der Waals surface area contributed by atoms with Gasteiger partial charge in [0, 0.05) is 5.56 Å². The molecule has 0 unspecified atom stereocenters. The highest BCUT2D eigenvalue weighted by Crippen LogP contribution is 2.33. The van der Waals surface area contributed by atoms with Gasteiger partial charge < -0.3 is 9.15 Å². The molecule has 54 valence electrons. The Kier molecular flexibility index (Phi) is 1.11. The molecule has 1 atom stereocenters. The fourth-order valence-corrected chi connectivity index (χ4v) is 1.20. The Bertz CT molecular complexity index is 246. The first-order chi connectivity index (χ1) is 4.77. The van der Waals surface area contributed by atoms with Crippen LogP contribution in [0.1, 0.15) is 23.2 Å². The molecule has 2 heteroatoms. The summed E-state index contributed by atoms with van der Waals surface area (Å²) in [6, 6.07) is 2.05. The first kappa shape index (κ1) is 5.98. The lowest BCUT2D eigenvalue weighted by atomic mass is 10.2. The van der Waals surface area contributed by atoms with Crippen molar-refractivity contribution in [1.82, 2.24) is 0 Å². The van der Waals surface area contributed by atoms with Crippen LogP contribution in [0.2, 0.25) is 0 Å². The molecule has 2 rings (SSSR count). The fraction of sp³-hybridized carbons (Fsp3) is 0.500. The van der Waals surface area contributed by atoms with Crippen LogP contribution in [0.25, 0.3) is 0 Å². The first-order valence-corrected chi connectivity index (χ1v) is 3.46. The highest BCUT2D eigenvalue weighted by molar-refractivity contribution is 5.25. The van der Waals surface area contributed by atoms with Gasteiger partial charge in [0.15, 0.2) is 0 Å². The lowest BCUT2D eigenvalue weighted by Gasteiger charge is -1.86. The van der Waals surface area contributed by atoms with Crippen molar-refractivity contribution in [1.29, 1.82) is 0 Å². The lowest BCUT2D eigenvalue weighted by molar-refractivity contribution is 0.410. The van der Waals surface area contributed by atoms with Crippen LogP contribution in [-0.2, 0) is 4.74 Å². The predicted octanol–water partition coefficient (Wildman–Crippen LogP) is 1.97. The van der Waals surface area contributed by atoms with Gasteiger partial charge in [0.25, 0.3) is 0 Å². The number of aryl methyl sites for hydroxylation is 2. The second-order valence-corrected chi connectivity index (χ2v) is 2.69. The number of rotatable bonds is 1. The van der Waals surface area contributed by atoms with E-state index in [1.54, 1.807) is 0 Å². The highest BCUT2D eigenvalue weighted by Gasteiger charge is 2.28. The number of hydrogen-bond donors (Lipinski definition) is 0. The molecule has 0 aliphatic carbocycles. The molecular formula is C8H10O2. The molecule has 1 aliphatic heterocycles. The van der Waals surface area contributed by atoms with E-state index in [2.05, 4.69) is 0 Å². The maximum Gasteiger partial charge on any atom is 0.109 e. The van der Waals surface area contributed by atoms with E-state index in [-0.39, 0.29) is 0 Å². The minimum atomic E-state index is 0.331. The molecule has 1 aliphatic rings. The van der Waals surface area contributed by atoms with E-state index in [0.29, 0.717) is 6.10 Å². The fourth-order valence-electron chi connectivity index (χ4n) is 1.20. The van der Waals surface area contributed by atoms with Crippen molar-refractivity contribution in [2.24, 2.45) is 0 Å². The molecule has 0 N–H and O–H groups in total. The van der Waals surface area contributed by atoms with Gasteiger partial charge in [-0.15, -0.1) is 0 Å². The number of ether oxygens (including phenoxy) is 1. The van der Waals surface area contributed by atoms with Gasteiger partial charge in [0.1, 0.15) is 17.6 Å². The third-order valence-electron chi connectivity index (χ3n) is 1.76. The molecule has 10 heavy (non-hydrogen) atoms. The summed E-state index contributed by atoms with van der Waals surface area (Å²) in [7, 11) is 0. The van der Waals surface area contributed by atoms with Gasteiger partial charge in [-0.25, -0.2) is 0 Å². The smallest absolute Gasteiger partial charge is 0.109 e. The van der Waals surface area contributed by atoms with Gasteiger partial charge in [0.2, 0.25) is 0 Å². The molecule has 2 heterocycles. The second-order valence-electron chi connectivity index (χ2n) is 2.69. The van der Waals surface area contributed by atoms with Gasteiger partial charge >= 0.3 is 0 Å². The number of furan rings is 1. The standard InChI is InChI=1S/C8H10O2/c1-5-3-7(6(2)10-5)8-4-9-8/h3,8H,4H2,1-2H3/t8-/m0/s1. The second kappa shape index (κ2) is 1.86. The van der Waals surface area contributed by atoms with Crippen LogP contribution in [0.5, 0.6) is 0 Å². The zero-order valence-corrected chi connectivity index (χ0v) is 6.18. The van der Waals surface area contributed by atoms with Crippen LogP contribution in [0.15, 0.2) is 10.5 Å². The van der Waals surface area contributed by atoms with E-state index in [1.807, 2.05) is 19.9 Å². The minimum absolute atomic E-state index is 0.331. The van der Waals surface area contributed by atoms with Crippen LogP contribution < -0.4 is 0 Å². The first-order valence-electron chi connectivity index (χ1n) is 3.46. The molecule has 1 fully saturated rings. The topological polar surface area (TPSA) is 25.7 Å². The lowest BCUT2D eigenvalue weighted by Crippen LogP contribution is -1.77. The zero-order valence-electron chi connectivity index (χ0n) is 6.18. The summed E-state index contributed by atoms with van der Waals surface area (Å²) in [5, 5.41) is 0. The molecule has 1 aromatic heterocycles. The van der Waals surface area contributed by atoms with Crippen LogP contribution in [-0.4, -0.2) is 6.61 Å². The van der Waals surface area contributed by atoms with Crippen LogP contribution >= 0.6 is 0 Å². The molecule has 0 saturated carbocycles. The third-order valence-corrected chi connectivity index (χ3v) is 1.76. The third kappa shape index (κ3) is 0.847. The SMILES string of the molecule is Cc1cc([C@@H]2CO2)c(C)o1. The Labute approximate surface area is 59.8 Å². The predicted molar refractivity (Wildman–Crippen MR) is 36.9 cm³/mol. The molecule has 0 spiro atoms. The molecule has 0 radical (unpaired) electrons. The average Bonchev–Trinajstić information content (AvgIpc) is 2.61. The molecular weight excluding hydrogens is 128 g/mol. The summed E-state index contributed by atoms with van der Waals surface area (Å²) in [6.07, 6.45) is 0.331. The normalized spacial score (nSPS) is 23.2. The molecule has 0 aromatic carbocycles. The maximum atomic E-state index is 5.34. The molecule has 1 aromatic rings. The highest BCUT2D eigenvalue weighted by atomic mass is 16.6. The summed E-state index contributed by atoms with van der Waals surface area (Å²) >= 11 is 0.